The minimum absolute atomic E-state index is 0.0509. The van der Waals surface area contributed by atoms with Gasteiger partial charge in [-0.15, -0.1) is 0 Å². The van der Waals surface area contributed by atoms with Gasteiger partial charge in [-0.25, -0.2) is 0 Å². The van der Waals surface area contributed by atoms with Gasteiger partial charge in [0.15, 0.2) is 0 Å². The van der Waals surface area contributed by atoms with Gasteiger partial charge in [-0.05, 0) is 19.8 Å². The Bertz CT molecular complexity index is 77.6. The molecule has 1 N–H and O–H groups in total. The van der Waals surface area contributed by atoms with E-state index in [-0.39, 0.29) is 12.2 Å². The smallest absolute Gasteiger partial charge is 0.0833 e. The Kier molecular flexibility index (Phi) is 6.57. The molecule has 2 atom stereocenters. The summed E-state index contributed by atoms with van der Waals surface area (Å²) in [6, 6.07) is 0. The van der Waals surface area contributed by atoms with Crippen molar-refractivity contribution in [2.75, 3.05) is 6.61 Å². The van der Waals surface area contributed by atoms with Crippen molar-refractivity contribution in [1.29, 1.82) is 0 Å². The average Bonchev–Trinajstić information content (AvgIpc) is 2.03. The van der Waals surface area contributed by atoms with E-state index in [1.807, 2.05) is 13.8 Å². The van der Waals surface area contributed by atoms with Crippen LogP contribution in [0.3, 0.4) is 0 Å². The Morgan fingerprint density at radius 3 is 2.27 bits per heavy atom. The first-order chi connectivity index (χ1) is 5.26. The van der Waals surface area contributed by atoms with Crippen molar-refractivity contribution in [2.45, 2.75) is 52.2 Å². The standard InChI is InChI=1S/C9H20O2/c1-4-7-9(11-6-3)8(10)5-2/h8-10H,4-7H2,1-3H3. The number of aliphatic hydroxyl groups excluding tert-OH is 1. The molecule has 0 bridgehead atoms. The minimum Gasteiger partial charge on any atom is -0.390 e. The predicted octanol–water partition coefficient (Wildman–Crippen LogP) is 1.96. The van der Waals surface area contributed by atoms with E-state index in [0.29, 0.717) is 6.61 Å². The van der Waals surface area contributed by atoms with E-state index in [4.69, 9.17) is 4.74 Å². The van der Waals surface area contributed by atoms with Crippen molar-refractivity contribution in [2.24, 2.45) is 0 Å². The zero-order chi connectivity index (χ0) is 8.69. The van der Waals surface area contributed by atoms with Gasteiger partial charge in [0.05, 0.1) is 12.2 Å². The third kappa shape index (κ3) is 4.38. The summed E-state index contributed by atoms with van der Waals surface area (Å²) in [6.45, 7) is 6.74. The second kappa shape index (κ2) is 6.62. The quantitative estimate of drug-likeness (QED) is 0.643. The average molecular weight is 160 g/mol. The molecule has 0 aliphatic heterocycles. The van der Waals surface area contributed by atoms with E-state index in [2.05, 4.69) is 6.92 Å². The Hall–Kier alpha value is -0.0800. The zero-order valence-corrected chi connectivity index (χ0v) is 7.84. The van der Waals surface area contributed by atoms with Crippen LogP contribution in [0.25, 0.3) is 0 Å². The number of ether oxygens (including phenoxy) is 1. The van der Waals surface area contributed by atoms with Crippen LogP contribution in [0.5, 0.6) is 0 Å². The number of rotatable bonds is 6. The van der Waals surface area contributed by atoms with E-state index in [1.54, 1.807) is 0 Å². The van der Waals surface area contributed by atoms with Crippen molar-refractivity contribution in [3.05, 3.63) is 0 Å². The lowest BCUT2D eigenvalue weighted by atomic mass is 10.1. The van der Waals surface area contributed by atoms with E-state index < -0.39 is 0 Å². The molecular weight excluding hydrogens is 140 g/mol. The highest BCUT2D eigenvalue weighted by Gasteiger charge is 2.15. The topological polar surface area (TPSA) is 29.5 Å². The fourth-order valence-electron chi connectivity index (χ4n) is 1.15. The molecular formula is C9H20O2. The third-order valence-electron chi connectivity index (χ3n) is 1.80. The summed E-state index contributed by atoms with van der Waals surface area (Å²) < 4.78 is 5.39. The highest BCUT2D eigenvalue weighted by Crippen LogP contribution is 2.09. The van der Waals surface area contributed by atoms with Gasteiger partial charge in [-0.1, -0.05) is 20.3 Å². The molecule has 0 spiro atoms. The van der Waals surface area contributed by atoms with Crippen molar-refractivity contribution < 1.29 is 9.84 Å². The van der Waals surface area contributed by atoms with Crippen molar-refractivity contribution >= 4 is 0 Å². The zero-order valence-electron chi connectivity index (χ0n) is 7.84. The number of hydrogen-bond donors (Lipinski definition) is 1. The molecule has 0 heterocycles. The van der Waals surface area contributed by atoms with Crippen molar-refractivity contribution in [1.82, 2.24) is 0 Å². The lowest BCUT2D eigenvalue weighted by molar-refractivity contribution is -0.0380. The summed E-state index contributed by atoms with van der Waals surface area (Å²) in [5.74, 6) is 0. The van der Waals surface area contributed by atoms with Crippen LogP contribution in [0, 0.1) is 0 Å². The molecule has 0 aromatic carbocycles. The molecule has 2 unspecified atom stereocenters. The maximum atomic E-state index is 9.45. The SMILES string of the molecule is CCCC(OCC)C(O)CC. The molecule has 0 aromatic heterocycles. The molecule has 0 aliphatic carbocycles. The van der Waals surface area contributed by atoms with E-state index in [9.17, 15) is 5.11 Å². The molecule has 68 valence electrons. The van der Waals surface area contributed by atoms with Gasteiger partial charge in [-0.2, -0.15) is 0 Å². The lowest BCUT2D eigenvalue weighted by Crippen LogP contribution is -2.28. The highest BCUT2D eigenvalue weighted by atomic mass is 16.5. The Morgan fingerprint density at radius 1 is 1.27 bits per heavy atom. The molecule has 0 aromatic rings. The summed E-state index contributed by atoms with van der Waals surface area (Å²) >= 11 is 0. The van der Waals surface area contributed by atoms with Crippen LogP contribution < -0.4 is 0 Å². The molecule has 11 heavy (non-hydrogen) atoms. The van der Waals surface area contributed by atoms with Gasteiger partial charge in [0, 0.05) is 6.61 Å². The van der Waals surface area contributed by atoms with Gasteiger partial charge >= 0.3 is 0 Å². The summed E-state index contributed by atoms with van der Waals surface area (Å²) in [5, 5.41) is 9.45. The molecule has 2 nitrogen and oxygen atoms in total. The van der Waals surface area contributed by atoms with Gasteiger partial charge in [0.25, 0.3) is 0 Å². The van der Waals surface area contributed by atoms with Crippen molar-refractivity contribution in [3.8, 4) is 0 Å². The summed E-state index contributed by atoms with van der Waals surface area (Å²) in [6.07, 6.45) is 2.58. The lowest BCUT2D eigenvalue weighted by Gasteiger charge is -2.20. The summed E-state index contributed by atoms with van der Waals surface area (Å²) in [5.41, 5.74) is 0. The maximum Gasteiger partial charge on any atom is 0.0833 e. The van der Waals surface area contributed by atoms with Crippen LogP contribution in [-0.2, 0) is 4.74 Å². The summed E-state index contributed by atoms with van der Waals surface area (Å²) in [4.78, 5) is 0. The van der Waals surface area contributed by atoms with E-state index >= 15 is 0 Å². The fourth-order valence-corrected chi connectivity index (χ4v) is 1.15. The Labute approximate surface area is 69.6 Å². The molecule has 2 heteroatoms. The van der Waals surface area contributed by atoms with E-state index in [0.717, 1.165) is 19.3 Å². The molecule has 0 amide bonds. The van der Waals surface area contributed by atoms with Crippen LogP contribution in [0.15, 0.2) is 0 Å². The van der Waals surface area contributed by atoms with Gasteiger partial charge < -0.3 is 9.84 Å². The molecule has 0 saturated carbocycles. The van der Waals surface area contributed by atoms with Crippen LogP contribution >= 0.6 is 0 Å². The van der Waals surface area contributed by atoms with Gasteiger partial charge in [0.2, 0.25) is 0 Å². The Balaban J connectivity index is 3.66. The molecule has 0 rings (SSSR count). The molecule has 0 fully saturated rings. The number of hydrogen-bond acceptors (Lipinski definition) is 2. The first-order valence-corrected chi connectivity index (χ1v) is 4.55. The van der Waals surface area contributed by atoms with Gasteiger partial charge in [0.1, 0.15) is 0 Å². The second-order valence-corrected chi connectivity index (χ2v) is 2.76. The van der Waals surface area contributed by atoms with Crippen LogP contribution in [0.2, 0.25) is 0 Å². The monoisotopic (exact) mass is 160 g/mol. The number of aliphatic hydroxyl groups is 1. The van der Waals surface area contributed by atoms with Crippen molar-refractivity contribution in [3.63, 3.8) is 0 Å². The van der Waals surface area contributed by atoms with Crippen LogP contribution in [-0.4, -0.2) is 23.9 Å². The third-order valence-corrected chi connectivity index (χ3v) is 1.80. The van der Waals surface area contributed by atoms with Gasteiger partial charge in [-0.3, -0.25) is 0 Å². The second-order valence-electron chi connectivity index (χ2n) is 2.76. The summed E-state index contributed by atoms with van der Waals surface area (Å²) in [7, 11) is 0. The van der Waals surface area contributed by atoms with Crippen LogP contribution in [0.1, 0.15) is 40.0 Å². The fraction of sp³-hybridized carbons (Fsp3) is 1.00. The molecule has 0 radical (unpaired) electrons. The minimum atomic E-state index is -0.283. The normalized spacial score (nSPS) is 16.4. The Morgan fingerprint density at radius 2 is 1.91 bits per heavy atom. The maximum absolute atomic E-state index is 9.45. The molecule has 0 saturated heterocycles. The molecule has 0 aliphatic rings. The first-order valence-electron chi connectivity index (χ1n) is 4.55. The van der Waals surface area contributed by atoms with Crippen LogP contribution in [0.4, 0.5) is 0 Å². The first kappa shape index (κ1) is 10.9. The largest absolute Gasteiger partial charge is 0.390 e. The van der Waals surface area contributed by atoms with E-state index in [1.165, 1.54) is 0 Å². The predicted molar refractivity (Wildman–Crippen MR) is 46.6 cm³/mol. The highest BCUT2D eigenvalue weighted by molar-refractivity contribution is 4.66.